The third-order valence-electron chi connectivity index (χ3n) is 5.40. The Morgan fingerprint density at radius 2 is 2.04 bits per heavy atom. The summed E-state index contributed by atoms with van der Waals surface area (Å²) in [6, 6.07) is 9.27. The molecule has 1 aromatic carbocycles. The van der Waals surface area contributed by atoms with E-state index < -0.39 is 23.6 Å². The van der Waals surface area contributed by atoms with Gasteiger partial charge in [-0.2, -0.15) is 13.2 Å². The Morgan fingerprint density at radius 1 is 1.31 bits per heavy atom. The number of benzene rings is 1. The molecule has 26 heavy (non-hydrogen) atoms. The number of hydrogen-bond acceptors (Lipinski definition) is 4. The van der Waals surface area contributed by atoms with Crippen molar-refractivity contribution in [2.75, 3.05) is 32.7 Å². The Morgan fingerprint density at radius 3 is 2.65 bits per heavy atom. The largest absolute Gasteiger partial charge is 0.404 e. The molecular formula is C18H24F3N3O2. The maximum absolute atomic E-state index is 13.8. The third kappa shape index (κ3) is 3.87. The lowest BCUT2D eigenvalue weighted by Crippen LogP contribution is -2.53. The molecule has 0 bridgehead atoms. The molecule has 1 aromatic rings. The molecule has 2 aliphatic rings. The van der Waals surface area contributed by atoms with Gasteiger partial charge < -0.3 is 15.7 Å². The van der Waals surface area contributed by atoms with Crippen molar-refractivity contribution < 1.29 is 23.1 Å². The quantitative estimate of drug-likeness (QED) is 0.726. The van der Waals surface area contributed by atoms with Crippen LogP contribution in [0, 0.1) is 11.3 Å². The Bertz CT molecular complexity index is 626. The zero-order valence-corrected chi connectivity index (χ0v) is 14.4. The van der Waals surface area contributed by atoms with Gasteiger partial charge in [0.1, 0.15) is 0 Å². The lowest BCUT2D eigenvalue weighted by atomic mass is 9.85. The predicted molar refractivity (Wildman–Crippen MR) is 90.2 cm³/mol. The summed E-state index contributed by atoms with van der Waals surface area (Å²) < 4.78 is 41.4. The van der Waals surface area contributed by atoms with Crippen LogP contribution in [0.2, 0.25) is 0 Å². The van der Waals surface area contributed by atoms with E-state index in [2.05, 4.69) is 10.6 Å². The van der Waals surface area contributed by atoms with Crippen LogP contribution in [-0.4, -0.2) is 60.9 Å². The number of nitrogens with zero attached hydrogens (tertiary/aromatic N) is 1. The number of alkyl halides is 3. The molecule has 0 aliphatic carbocycles. The van der Waals surface area contributed by atoms with Gasteiger partial charge in [-0.3, -0.25) is 9.69 Å². The first-order chi connectivity index (χ1) is 12.3. The van der Waals surface area contributed by atoms with Gasteiger partial charge in [-0.1, -0.05) is 30.3 Å². The molecule has 8 heteroatoms. The zero-order valence-electron chi connectivity index (χ0n) is 14.4. The summed E-state index contributed by atoms with van der Waals surface area (Å²) in [4.78, 5) is 14.2. The van der Waals surface area contributed by atoms with Gasteiger partial charge >= 0.3 is 6.18 Å². The van der Waals surface area contributed by atoms with E-state index in [1.807, 2.05) is 30.3 Å². The average Bonchev–Trinajstić information content (AvgIpc) is 3.20. The first-order valence-corrected chi connectivity index (χ1v) is 8.82. The smallest absolute Gasteiger partial charge is 0.391 e. The number of aliphatic hydroxyl groups excluding tert-OH is 1. The van der Waals surface area contributed by atoms with Gasteiger partial charge in [0.2, 0.25) is 5.91 Å². The summed E-state index contributed by atoms with van der Waals surface area (Å²) >= 11 is 0. The molecule has 2 saturated heterocycles. The number of β-amino-alcohol motifs (C(OH)–C–C–N with tert-alkyl or cyclic N) is 1. The molecule has 2 heterocycles. The van der Waals surface area contributed by atoms with E-state index in [9.17, 15) is 23.1 Å². The van der Waals surface area contributed by atoms with E-state index in [0.29, 0.717) is 19.6 Å². The number of nitrogens with one attached hydrogen (secondary N) is 2. The molecule has 1 amide bonds. The van der Waals surface area contributed by atoms with E-state index in [0.717, 1.165) is 5.56 Å². The zero-order chi connectivity index (χ0) is 18.8. The van der Waals surface area contributed by atoms with Gasteiger partial charge in [0.25, 0.3) is 0 Å². The van der Waals surface area contributed by atoms with Gasteiger partial charge in [0.05, 0.1) is 6.10 Å². The number of carbonyl (C=O) groups excluding carboxylic acids is 1. The monoisotopic (exact) mass is 371 g/mol. The summed E-state index contributed by atoms with van der Waals surface area (Å²) in [5, 5.41) is 15.2. The van der Waals surface area contributed by atoms with Crippen molar-refractivity contribution in [1.82, 2.24) is 15.5 Å². The molecule has 0 aromatic heterocycles. The summed E-state index contributed by atoms with van der Waals surface area (Å²) in [7, 11) is 0. The molecule has 5 nitrogen and oxygen atoms in total. The maximum atomic E-state index is 13.8. The Kier molecular flexibility index (Phi) is 5.55. The van der Waals surface area contributed by atoms with Crippen molar-refractivity contribution in [1.29, 1.82) is 0 Å². The third-order valence-corrected chi connectivity index (χ3v) is 5.40. The van der Waals surface area contributed by atoms with Crippen LogP contribution in [0.15, 0.2) is 30.3 Å². The Hall–Kier alpha value is -1.64. The Labute approximate surface area is 150 Å². The number of likely N-dealkylation sites (tertiary alicyclic amines) is 1. The van der Waals surface area contributed by atoms with Gasteiger partial charge in [-0.15, -0.1) is 0 Å². The van der Waals surface area contributed by atoms with E-state index >= 15 is 0 Å². The minimum Gasteiger partial charge on any atom is -0.391 e. The van der Waals surface area contributed by atoms with Crippen molar-refractivity contribution in [2.24, 2.45) is 11.3 Å². The van der Waals surface area contributed by atoms with Crippen LogP contribution < -0.4 is 10.6 Å². The minimum absolute atomic E-state index is 0.0452. The van der Waals surface area contributed by atoms with Crippen LogP contribution in [0.5, 0.6) is 0 Å². The second-order valence-electron chi connectivity index (χ2n) is 7.22. The molecule has 2 aliphatic heterocycles. The molecule has 0 radical (unpaired) electrons. The van der Waals surface area contributed by atoms with Gasteiger partial charge in [-0.25, -0.2) is 0 Å². The van der Waals surface area contributed by atoms with E-state index in [1.54, 1.807) is 4.90 Å². The second kappa shape index (κ2) is 7.54. The van der Waals surface area contributed by atoms with Crippen LogP contribution >= 0.6 is 0 Å². The lowest BCUT2D eigenvalue weighted by Gasteiger charge is -2.31. The molecule has 3 unspecified atom stereocenters. The fourth-order valence-corrected chi connectivity index (χ4v) is 3.73. The first kappa shape index (κ1) is 19.1. The van der Waals surface area contributed by atoms with Crippen LogP contribution in [0.1, 0.15) is 12.0 Å². The highest BCUT2D eigenvalue weighted by atomic mass is 19.4. The number of carbonyl (C=O) groups is 1. The second-order valence-corrected chi connectivity index (χ2v) is 7.22. The predicted octanol–water partition coefficient (Wildman–Crippen LogP) is 1.14. The molecule has 0 spiro atoms. The number of hydrogen-bond donors (Lipinski definition) is 3. The lowest BCUT2D eigenvalue weighted by molar-refractivity contribution is -0.218. The van der Waals surface area contributed by atoms with Crippen LogP contribution in [0.25, 0.3) is 0 Å². The fourth-order valence-electron chi connectivity index (χ4n) is 3.73. The van der Waals surface area contributed by atoms with Crippen molar-refractivity contribution >= 4 is 5.91 Å². The fraction of sp³-hybridized carbons (Fsp3) is 0.611. The highest BCUT2D eigenvalue weighted by Crippen LogP contribution is 2.46. The van der Waals surface area contributed by atoms with Crippen molar-refractivity contribution in [3.05, 3.63) is 35.9 Å². The van der Waals surface area contributed by atoms with Crippen molar-refractivity contribution in [3.63, 3.8) is 0 Å². The van der Waals surface area contributed by atoms with E-state index in [-0.39, 0.29) is 32.0 Å². The molecule has 3 atom stereocenters. The summed E-state index contributed by atoms with van der Waals surface area (Å²) in [6.45, 7) is 1.19. The standard InChI is InChI=1S/C18H24F3N3O2/c19-18(20,21)17(16(26)23-9-14-8-22-10-15(14)25)6-7-24(12-17)11-13-4-2-1-3-5-13/h1-5,14-15,22,25H,6-12H2,(H,23,26). The molecule has 0 saturated carbocycles. The maximum Gasteiger partial charge on any atom is 0.404 e. The topological polar surface area (TPSA) is 64.6 Å². The van der Waals surface area contributed by atoms with Crippen molar-refractivity contribution in [3.8, 4) is 0 Å². The van der Waals surface area contributed by atoms with E-state index in [1.165, 1.54) is 0 Å². The van der Waals surface area contributed by atoms with Crippen LogP contribution in [-0.2, 0) is 11.3 Å². The number of aliphatic hydroxyl groups is 1. The van der Waals surface area contributed by atoms with Gasteiger partial charge in [0, 0.05) is 38.6 Å². The number of halogens is 3. The molecular weight excluding hydrogens is 347 g/mol. The highest BCUT2D eigenvalue weighted by molar-refractivity contribution is 5.84. The summed E-state index contributed by atoms with van der Waals surface area (Å²) in [5.41, 5.74) is -1.47. The number of rotatable bonds is 5. The van der Waals surface area contributed by atoms with Crippen LogP contribution in [0.4, 0.5) is 13.2 Å². The molecule has 3 N–H and O–H groups in total. The van der Waals surface area contributed by atoms with Crippen molar-refractivity contribution in [2.45, 2.75) is 25.2 Å². The normalized spacial score (nSPS) is 29.8. The summed E-state index contributed by atoms with van der Waals surface area (Å²) in [5.74, 6) is -1.24. The molecule has 144 valence electrons. The first-order valence-electron chi connectivity index (χ1n) is 8.82. The SMILES string of the molecule is O=C(NCC1CNCC1O)C1(C(F)(F)F)CCN(Cc2ccccc2)C1. The van der Waals surface area contributed by atoms with Crippen LogP contribution in [0.3, 0.4) is 0 Å². The van der Waals surface area contributed by atoms with Gasteiger partial charge in [-0.05, 0) is 18.5 Å². The van der Waals surface area contributed by atoms with Gasteiger partial charge in [0.15, 0.2) is 5.41 Å². The minimum atomic E-state index is -4.62. The number of amides is 1. The molecule has 3 rings (SSSR count). The molecule has 2 fully saturated rings. The summed E-state index contributed by atoms with van der Waals surface area (Å²) in [6.07, 6.45) is -5.51. The average molecular weight is 371 g/mol. The van der Waals surface area contributed by atoms with E-state index in [4.69, 9.17) is 0 Å². The Balaban J connectivity index is 1.66. The highest BCUT2D eigenvalue weighted by Gasteiger charge is 2.62.